The maximum atomic E-state index is 11.4. The Balaban J connectivity index is 2.21. The van der Waals surface area contributed by atoms with Crippen molar-refractivity contribution >= 4 is 44.8 Å². The van der Waals surface area contributed by atoms with Gasteiger partial charge in [0.2, 0.25) is 0 Å². The van der Waals surface area contributed by atoms with Crippen LogP contribution in [0.3, 0.4) is 0 Å². The molecule has 1 saturated heterocycles. The van der Waals surface area contributed by atoms with Crippen LogP contribution in [0.1, 0.15) is 39.6 Å². The Morgan fingerprint density at radius 2 is 1.80 bits per heavy atom. The lowest BCUT2D eigenvalue weighted by Crippen LogP contribution is -2.02. The number of aromatic nitrogens is 1. The highest BCUT2D eigenvalue weighted by Gasteiger charge is 2.34. The van der Waals surface area contributed by atoms with Gasteiger partial charge in [-0.1, -0.05) is 0 Å². The maximum absolute atomic E-state index is 11.4. The van der Waals surface area contributed by atoms with Gasteiger partial charge in [-0.2, -0.15) is 0 Å². The summed E-state index contributed by atoms with van der Waals surface area (Å²) in [6.45, 7) is 8.50. The van der Waals surface area contributed by atoms with E-state index < -0.39 is 0 Å². The average molecular weight is 305 g/mol. The lowest BCUT2D eigenvalue weighted by Gasteiger charge is -2.09. The van der Waals surface area contributed by atoms with E-state index in [2.05, 4.69) is 27.7 Å². The third-order valence-electron chi connectivity index (χ3n) is 4.19. The summed E-state index contributed by atoms with van der Waals surface area (Å²) in [5.74, 6) is -0.408. The van der Waals surface area contributed by atoms with Crippen molar-refractivity contribution in [3.05, 3.63) is 27.3 Å². The summed E-state index contributed by atoms with van der Waals surface area (Å²) in [4.78, 5) is 16.1. The highest BCUT2D eigenvalue weighted by Crippen LogP contribution is 2.38. The van der Waals surface area contributed by atoms with Crippen molar-refractivity contribution in [2.24, 2.45) is 0 Å². The first-order valence-corrected chi connectivity index (χ1v) is 7.74. The van der Waals surface area contributed by atoms with Crippen LogP contribution in [0.5, 0.6) is 0 Å². The summed E-state index contributed by atoms with van der Waals surface area (Å²) < 4.78 is 6.19. The van der Waals surface area contributed by atoms with Gasteiger partial charge < -0.3 is 4.74 Å². The molecule has 1 aromatic carbocycles. The van der Waals surface area contributed by atoms with E-state index in [0.717, 1.165) is 10.5 Å². The van der Waals surface area contributed by atoms with Gasteiger partial charge in [-0.3, -0.25) is 4.79 Å². The van der Waals surface area contributed by atoms with Crippen LogP contribution in [0.2, 0.25) is 0 Å². The molecule has 0 amide bonds. The van der Waals surface area contributed by atoms with Crippen LogP contribution in [0.25, 0.3) is 10.2 Å². The quantitative estimate of drug-likeness (QED) is 0.592. The number of carbonyl (C=O) groups is 1. The van der Waals surface area contributed by atoms with Crippen molar-refractivity contribution < 1.29 is 9.53 Å². The first-order chi connectivity index (χ1) is 9.40. The van der Waals surface area contributed by atoms with E-state index >= 15 is 0 Å². The SMILES string of the molecule is Cc1c(C)c(C)c2sc(C3CC(=O)OC3=S)nc2c1C. The van der Waals surface area contributed by atoms with E-state index in [9.17, 15) is 4.79 Å². The number of thiocarbonyl (C=S) groups is 1. The summed E-state index contributed by atoms with van der Waals surface area (Å²) in [5, 5.41) is 1.25. The lowest BCUT2D eigenvalue weighted by molar-refractivity contribution is -0.132. The molecule has 1 aliphatic rings. The molecule has 0 spiro atoms. The van der Waals surface area contributed by atoms with Crippen LogP contribution >= 0.6 is 23.6 Å². The molecule has 3 rings (SSSR count). The molecule has 1 fully saturated rings. The molecule has 0 saturated carbocycles. The minimum Gasteiger partial charge on any atom is -0.418 e. The van der Waals surface area contributed by atoms with E-state index in [1.807, 2.05) is 0 Å². The van der Waals surface area contributed by atoms with Crippen molar-refractivity contribution in [2.45, 2.75) is 40.0 Å². The second-order valence-corrected chi connectivity index (χ2v) is 6.71. The number of hydrogen-bond donors (Lipinski definition) is 0. The van der Waals surface area contributed by atoms with Crippen LogP contribution in [0.4, 0.5) is 0 Å². The molecule has 1 aliphatic heterocycles. The van der Waals surface area contributed by atoms with Gasteiger partial charge in [0, 0.05) is 0 Å². The monoisotopic (exact) mass is 305 g/mol. The number of ether oxygens (including phenoxy) is 1. The zero-order valence-electron chi connectivity index (χ0n) is 11.9. The highest BCUT2D eigenvalue weighted by molar-refractivity contribution is 7.80. The molecule has 1 aromatic heterocycles. The third-order valence-corrected chi connectivity index (χ3v) is 5.85. The lowest BCUT2D eigenvalue weighted by atomic mass is 9.98. The molecule has 0 bridgehead atoms. The fourth-order valence-corrected chi connectivity index (χ4v) is 4.21. The van der Waals surface area contributed by atoms with Crippen molar-refractivity contribution in [1.82, 2.24) is 4.98 Å². The number of esters is 1. The minimum absolute atomic E-state index is 0.158. The smallest absolute Gasteiger partial charge is 0.312 e. The topological polar surface area (TPSA) is 39.2 Å². The molecule has 1 unspecified atom stereocenters. The zero-order chi connectivity index (χ0) is 14.6. The summed E-state index contributed by atoms with van der Waals surface area (Å²) in [7, 11) is 0. The summed E-state index contributed by atoms with van der Waals surface area (Å²) >= 11 is 6.78. The number of cyclic esters (lactones) is 1. The Hall–Kier alpha value is -1.33. The van der Waals surface area contributed by atoms with Crippen LogP contribution < -0.4 is 0 Å². The third kappa shape index (κ3) is 1.88. The summed E-state index contributed by atoms with van der Waals surface area (Å²) in [5.41, 5.74) is 6.11. The number of thiazole rings is 1. The predicted octanol–water partition coefficient (Wildman–Crippen LogP) is 3.89. The largest absolute Gasteiger partial charge is 0.418 e. The number of rotatable bonds is 1. The van der Waals surface area contributed by atoms with Crippen molar-refractivity contribution in [2.75, 3.05) is 0 Å². The Morgan fingerprint density at radius 3 is 2.40 bits per heavy atom. The Morgan fingerprint density at radius 1 is 1.15 bits per heavy atom. The van der Waals surface area contributed by atoms with Crippen LogP contribution in [-0.2, 0) is 9.53 Å². The Kier molecular flexibility index (Phi) is 3.14. The molecule has 2 aromatic rings. The second kappa shape index (κ2) is 4.60. The van der Waals surface area contributed by atoms with Crippen molar-refractivity contribution in [3.63, 3.8) is 0 Å². The normalized spacial score (nSPS) is 18.9. The average Bonchev–Trinajstić information content (AvgIpc) is 2.97. The molecule has 104 valence electrons. The summed E-state index contributed by atoms with van der Waals surface area (Å²) in [6.07, 6.45) is 0.314. The number of nitrogens with zero attached hydrogens (tertiary/aromatic N) is 1. The van der Waals surface area contributed by atoms with E-state index in [1.165, 1.54) is 27.0 Å². The van der Waals surface area contributed by atoms with Gasteiger partial charge in [0.1, 0.15) is 5.01 Å². The molecule has 0 radical (unpaired) electrons. The number of aryl methyl sites for hydroxylation is 2. The number of fused-ring (bicyclic) bond motifs is 1. The molecule has 5 heteroatoms. The molecule has 2 heterocycles. The van der Waals surface area contributed by atoms with Crippen LogP contribution in [0, 0.1) is 27.7 Å². The maximum Gasteiger partial charge on any atom is 0.312 e. The van der Waals surface area contributed by atoms with Crippen LogP contribution in [-0.4, -0.2) is 16.0 Å². The predicted molar refractivity (Wildman–Crippen MR) is 84.6 cm³/mol. The van der Waals surface area contributed by atoms with Gasteiger partial charge in [-0.15, -0.1) is 11.3 Å². The molecule has 0 N–H and O–H groups in total. The van der Waals surface area contributed by atoms with Crippen LogP contribution in [0.15, 0.2) is 0 Å². The highest BCUT2D eigenvalue weighted by atomic mass is 32.1. The molecule has 3 nitrogen and oxygen atoms in total. The first kappa shape index (κ1) is 13.6. The number of carbonyl (C=O) groups excluding carboxylic acids is 1. The standard InChI is InChI=1S/C15H15NO2S2/c1-6-7(2)9(4)13-12(8(6)3)16-14(20-13)10-5-11(17)18-15(10)19/h10H,5H2,1-4H3. The molecule has 0 aliphatic carbocycles. The molecule has 20 heavy (non-hydrogen) atoms. The number of hydrogen-bond acceptors (Lipinski definition) is 5. The van der Waals surface area contributed by atoms with E-state index in [-0.39, 0.29) is 11.9 Å². The van der Waals surface area contributed by atoms with E-state index in [1.54, 1.807) is 11.3 Å². The van der Waals surface area contributed by atoms with Gasteiger partial charge in [0.25, 0.3) is 0 Å². The Labute approximate surface area is 127 Å². The van der Waals surface area contributed by atoms with Gasteiger partial charge in [0.15, 0.2) is 5.05 Å². The fourth-order valence-electron chi connectivity index (χ4n) is 2.57. The van der Waals surface area contributed by atoms with Crippen molar-refractivity contribution in [1.29, 1.82) is 0 Å². The zero-order valence-corrected chi connectivity index (χ0v) is 13.5. The fraction of sp³-hybridized carbons (Fsp3) is 0.400. The van der Waals surface area contributed by atoms with E-state index in [0.29, 0.717) is 11.5 Å². The van der Waals surface area contributed by atoms with Gasteiger partial charge >= 0.3 is 5.97 Å². The van der Waals surface area contributed by atoms with E-state index in [4.69, 9.17) is 21.9 Å². The second-order valence-electron chi connectivity index (χ2n) is 5.28. The number of benzene rings is 1. The Bertz CT molecular complexity index is 716. The van der Waals surface area contributed by atoms with Gasteiger partial charge in [-0.25, -0.2) is 4.98 Å². The summed E-state index contributed by atoms with van der Waals surface area (Å²) in [6, 6.07) is 0. The first-order valence-electron chi connectivity index (χ1n) is 6.51. The van der Waals surface area contributed by atoms with Gasteiger partial charge in [0.05, 0.1) is 22.6 Å². The molecule has 1 atom stereocenters. The minimum atomic E-state index is -0.250. The van der Waals surface area contributed by atoms with Gasteiger partial charge in [-0.05, 0) is 62.2 Å². The van der Waals surface area contributed by atoms with Crippen molar-refractivity contribution in [3.8, 4) is 0 Å². The molecular weight excluding hydrogens is 290 g/mol. The molecular formula is C15H15NO2S2.